The summed E-state index contributed by atoms with van der Waals surface area (Å²) >= 11 is 0. The van der Waals surface area contributed by atoms with E-state index in [-0.39, 0.29) is 6.61 Å². The second-order valence-corrected chi connectivity index (χ2v) is 2.92. The number of anilines is 2. The summed E-state index contributed by atoms with van der Waals surface area (Å²) in [4.78, 5) is 4.28. The maximum atomic E-state index is 8.48. The molecular formula is C10H17N3O2. The van der Waals surface area contributed by atoms with Gasteiger partial charge in [0.25, 0.3) is 0 Å². The summed E-state index contributed by atoms with van der Waals surface area (Å²) in [5, 5.41) is 14.6. The van der Waals surface area contributed by atoms with Crippen LogP contribution in [0.2, 0.25) is 0 Å². The summed E-state index contributed by atoms with van der Waals surface area (Å²) in [7, 11) is 1.83. The number of aliphatic hydroxyl groups excluding tert-OH is 1. The second kappa shape index (κ2) is 7.03. The minimum Gasteiger partial charge on any atom is -0.394 e. The van der Waals surface area contributed by atoms with Crippen molar-refractivity contribution in [3.05, 3.63) is 18.2 Å². The Morgan fingerprint density at radius 3 is 2.87 bits per heavy atom. The fourth-order valence-electron chi connectivity index (χ4n) is 1.09. The van der Waals surface area contributed by atoms with Crippen LogP contribution in [-0.4, -0.2) is 43.5 Å². The molecule has 0 amide bonds. The molecule has 0 aliphatic rings. The third-order valence-corrected chi connectivity index (χ3v) is 1.79. The molecule has 3 N–H and O–H groups in total. The first kappa shape index (κ1) is 11.7. The lowest BCUT2D eigenvalue weighted by atomic mass is 10.4. The second-order valence-electron chi connectivity index (χ2n) is 2.92. The molecule has 0 radical (unpaired) electrons. The van der Waals surface area contributed by atoms with E-state index in [1.807, 2.05) is 25.2 Å². The normalized spacial score (nSPS) is 10.0. The van der Waals surface area contributed by atoms with Crippen molar-refractivity contribution in [2.45, 2.75) is 0 Å². The van der Waals surface area contributed by atoms with Gasteiger partial charge in [0.1, 0.15) is 11.6 Å². The zero-order chi connectivity index (χ0) is 10.9. The number of aliphatic hydroxyl groups is 1. The van der Waals surface area contributed by atoms with E-state index in [0.717, 1.165) is 11.6 Å². The third-order valence-electron chi connectivity index (χ3n) is 1.79. The van der Waals surface area contributed by atoms with Gasteiger partial charge in [-0.3, -0.25) is 0 Å². The van der Waals surface area contributed by atoms with Crippen LogP contribution in [0.4, 0.5) is 11.6 Å². The van der Waals surface area contributed by atoms with Crippen LogP contribution in [0.15, 0.2) is 18.2 Å². The number of ether oxygens (including phenoxy) is 1. The number of pyridine rings is 1. The number of rotatable bonds is 7. The van der Waals surface area contributed by atoms with Crippen molar-refractivity contribution in [3.63, 3.8) is 0 Å². The Hall–Kier alpha value is -1.33. The lowest BCUT2D eigenvalue weighted by molar-refractivity contribution is 0.0992. The topological polar surface area (TPSA) is 66.4 Å². The highest BCUT2D eigenvalue weighted by molar-refractivity contribution is 5.44. The van der Waals surface area contributed by atoms with Gasteiger partial charge < -0.3 is 20.5 Å². The fourth-order valence-corrected chi connectivity index (χ4v) is 1.09. The molecule has 1 heterocycles. The van der Waals surface area contributed by atoms with Crippen molar-refractivity contribution in [1.29, 1.82) is 0 Å². The quantitative estimate of drug-likeness (QED) is 0.575. The molecule has 0 fully saturated rings. The van der Waals surface area contributed by atoms with Crippen molar-refractivity contribution in [2.75, 3.05) is 44.0 Å². The largest absolute Gasteiger partial charge is 0.394 e. The van der Waals surface area contributed by atoms with E-state index in [9.17, 15) is 0 Å². The van der Waals surface area contributed by atoms with Crippen LogP contribution in [0.5, 0.6) is 0 Å². The van der Waals surface area contributed by atoms with Crippen molar-refractivity contribution in [3.8, 4) is 0 Å². The molecule has 0 unspecified atom stereocenters. The molecule has 0 saturated carbocycles. The Balaban J connectivity index is 2.24. The lowest BCUT2D eigenvalue weighted by Gasteiger charge is -2.07. The summed E-state index contributed by atoms with van der Waals surface area (Å²) in [5.41, 5.74) is 0. The highest BCUT2D eigenvalue weighted by atomic mass is 16.5. The summed E-state index contributed by atoms with van der Waals surface area (Å²) in [6, 6.07) is 5.72. The molecule has 0 spiro atoms. The van der Waals surface area contributed by atoms with Gasteiger partial charge in [-0.1, -0.05) is 6.07 Å². The average molecular weight is 211 g/mol. The van der Waals surface area contributed by atoms with Crippen molar-refractivity contribution in [1.82, 2.24) is 4.98 Å². The maximum Gasteiger partial charge on any atom is 0.128 e. The van der Waals surface area contributed by atoms with Crippen LogP contribution in [-0.2, 0) is 4.74 Å². The SMILES string of the molecule is CNc1cccc(NCCOCCO)n1. The molecule has 15 heavy (non-hydrogen) atoms. The molecule has 5 heteroatoms. The predicted octanol–water partition coefficient (Wildman–Crippen LogP) is 0.544. The van der Waals surface area contributed by atoms with Gasteiger partial charge in [0.2, 0.25) is 0 Å². The fraction of sp³-hybridized carbons (Fsp3) is 0.500. The Morgan fingerprint density at radius 2 is 2.13 bits per heavy atom. The lowest BCUT2D eigenvalue weighted by Crippen LogP contribution is -2.12. The molecule has 0 atom stereocenters. The maximum absolute atomic E-state index is 8.48. The number of nitrogens with one attached hydrogen (secondary N) is 2. The first-order chi connectivity index (χ1) is 7.36. The zero-order valence-electron chi connectivity index (χ0n) is 8.86. The molecule has 0 aromatic carbocycles. The molecule has 5 nitrogen and oxygen atoms in total. The Kier molecular flexibility index (Phi) is 5.50. The number of hydrogen-bond donors (Lipinski definition) is 3. The van der Waals surface area contributed by atoms with E-state index >= 15 is 0 Å². The molecule has 0 aliphatic heterocycles. The van der Waals surface area contributed by atoms with Crippen molar-refractivity contribution in [2.24, 2.45) is 0 Å². The van der Waals surface area contributed by atoms with E-state index in [4.69, 9.17) is 9.84 Å². The zero-order valence-corrected chi connectivity index (χ0v) is 8.86. The van der Waals surface area contributed by atoms with Crippen LogP contribution in [0.3, 0.4) is 0 Å². The van der Waals surface area contributed by atoms with Crippen molar-refractivity contribution < 1.29 is 9.84 Å². The standard InChI is InChI=1S/C10H17N3O2/c1-11-9-3-2-4-10(13-9)12-5-7-15-8-6-14/h2-4,14H,5-8H2,1H3,(H2,11,12,13). The van der Waals surface area contributed by atoms with Gasteiger partial charge in [-0.25, -0.2) is 4.98 Å². The third kappa shape index (κ3) is 4.62. The molecule has 0 aliphatic carbocycles. The summed E-state index contributed by atoms with van der Waals surface area (Å²) in [5.74, 6) is 1.64. The number of hydrogen-bond acceptors (Lipinski definition) is 5. The molecule has 1 aromatic heterocycles. The smallest absolute Gasteiger partial charge is 0.128 e. The van der Waals surface area contributed by atoms with E-state index in [1.165, 1.54) is 0 Å². The minimum absolute atomic E-state index is 0.0630. The van der Waals surface area contributed by atoms with Gasteiger partial charge >= 0.3 is 0 Å². The van der Waals surface area contributed by atoms with Crippen LogP contribution in [0.25, 0.3) is 0 Å². The minimum atomic E-state index is 0.0630. The van der Waals surface area contributed by atoms with Gasteiger partial charge in [-0.05, 0) is 12.1 Å². The number of aromatic nitrogens is 1. The monoisotopic (exact) mass is 211 g/mol. The summed E-state index contributed by atoms with van der Waals surface area (Å²) in [6.07, 6.45) is 0. The van der Waals surface area contributed by atoms with E-state index in [2.05, 4.69) is 15.6 Å². The van der Waals surface area contributed by atoms with Crippen LogP contribution in [0.1, 0.15) is 0 Å². The Bertz CT molecular complexity index is 281. The highest BCUT2D eigenvalue weighted by Crippen LogP contribution is 2.07. The highest BCUT2D eigenvalue weighted by Gasteiger charge is 1.94. The molecule has 0 bridgehead atoms. The molecule has 0 saturated heterocycles. The van der Waals surface area contributed by atoms with Gasteiger partial charge in [0, 0.05) is 13.6 Å². The van der Waals surface area contributed by atoms with E-state index in [1.54, 1.807) is 0 Å². The van der Waals surface area contributed by atoms with Crippen LogP contribution in [0, 0.1) is 0 Å². The summed E-state index contributed by atoms with van der Waals surface area (Å²) in [6.45, 7) is 1.69. The van der Waals surface area contributed by atoms with E-state index < -0.39 is 0 Å². The van der Waals surface area contributed by atoms with Crippen LogP contribution < -0.4 is 10.6 Å². The van der Waals surface area contributed by atoms with Gasteiger partial charge in [-0.2, -0.15) is 0 Å². The average Bonchev–Trinajstić information content (AvgIpc) is 2.29. The Morgan fingerprint density at radius 1 is 1.33 bits per heavy atom. The predicted molar refractivity (Wildman–Crippen MR) is 60.2 cm³/mol. The van der Waals surface area contributed by atoms with Gasteiger partial charge in [0.15, 0.2) is 0 Å². The van der Waals surface area contributed by atoms with Gasteiger partial charge in [-0.15, -0.1) is 0 Å². The van der Waals surface area contributed by atoms with E-state index in [0.29, 0.717) is 19.8 Å². The molecule has 84 valence electrons. The molecule has 1 aromatic rings. The van der Waals surface area contributed by atoms with Crippen LogP contribution >= 0.6 is 0 Å². The summed E-state index contributed by atoms with van der Waals surface area (Å²) < 4.78 is 5.11. The first-order valence-corrected chi connectivity index (χ1v) is 4.94. The van der Waals surface area contributed by atoms with Gasteiger partial charge in [0.05, 0.1) is 19.8 Å². The first-order valence-electron chi connectivity index (χ1n) is 4.94. The molecule has 1 rings (SSSR count). The van der Waals surface area contributed by atoms with Crippen molar-refractivity contribution >= 4 is 11.6 Å². The number of nitrogens with zero attached hydrogens (tertiary/aromatic N) is 1. The Labute approximate surface area is 89.5 Å². The molecular weight excluding hydrogens is 194 g/mol.